The molecule has 1 aliphatic heterocycles. The van der Waals surface area contributed by atoms with Crippen LogP contribution in [0.15, 0.2) is 0 Å². The van der Waals surface area contributed by atoms with Crippen LogP contribution in [0.25, 0.3) is 0 Å². The molecule has 8 heavy (non-hydrogen) atoms. The van der Waals surface area contributed by atoms with Gasteiger partial charge in [-0.05, 0) is 4.48 Å². The highest BCUT2D eigenvalue weighted by Crippen LogP contribution is 2.03. The molecule has 0 unspecified atom stereocenters. The van der Waals surface area contributed by atoms with Gasteiger partial charge in [0.05, 0.1) is 0 Å². The molecule has 0 aromatic rings. The van der Waals surface area contributed by atoms with Crippen LogP contribution in [0.2, 0.25) is 0 Å². The van der Waals surface area contributed by atoms with Crippen LogP contribution in [-0.4, -0.2) is 37.9 Å². The normalized spacial score (nSPS) is 27.8. The Hall–Kier alpha value is -0.150. The zero-order chi connectivity index (χ0) is 6.04. The number of halogens is 1. The van der Waals surface area contributed by atoms with Gasteiger partial charge in [-0.3, -0.25) is 0 Å². The molecule has 0 aromatic heterocycles. The van der Waals surface area contributed by atoms with E-state index < -0.39 is 0 Å². The van der Waals surface area contributed by atoms with Crippen LogP contribution in [0.5, 0.6) is 0 Å². The molecule has 0 spiro atoms. The second-order valence-corrected chi connectivity index (χ2v) is 2.46. The molecule has 1 saturated heterocycles. The molecule has 1 fully saturated rings. The lowest BCUT2D eigenvalue weighted by molar-refractivity contribution is -1.04. The van der Waals surface area contributed by atoms with Crippen LogP contribution in [0.1, 0.15) is 0 Å². The van der Waals surface area contributed by atoms with Crippen LogP contribution < -0.4 is 5.32 Å². The predicted octanol–water partition coefficient (Wildman–Crippen LogP) is -0.0793. The third kappa shape index (κ3) is 1.42. The van der Waals surface area contributed by atoms with E-state index in [1.807, 2.05) is 0 Å². The average molecular weight is 119 g/mol. The number of hydrogen-bond acceptors (Lipinski definition) is 1. The number of hydrogen-bond donors (Lipinski definition) is 1. The van der Waals surface area contributed by atoms with Gasteiger partial charge in [-0.1, -0.05) is 0 Å². The molecule has 1 heterocycles. The molecule has 0 amide bonds. The van der Waals surface area contributed by atoms with E-state index in [-0.39, 0.29) is 4.71 Å². The number of rotatable bonds is 0. The Kier molecular flexibility index (Phi) is 1.49. The molecule has 0 saturated carbocycles. The summed E-state index contributed by atoms with van der Waals surface area (Å²) in [7, 11) is 1.61. The Morgan fingerprint density at radius 3 is 2.12 bits per heavy atom. The molecule has 0 radical (unpaired) electrons. The minimum Gasteiger partial charge on any atom is -0.306 e. The van der Waals surface area contributed by atoms with Gasteiger partial charge in [0, 0.05) is 13.1 Å². The summed E-state index contributed by atoms with van der Waals surface area (Å²) in [4.78, 5) is 0. The number of nitrogens with zero attached hydrogens (tertiary/aromatic N) is 1. The molecule has 0 atom stereocenters. The van der Waals surface area contributed by atoms with Crippen molar-refractivity contribution in [3.05, 3.63) is 0 Å². The van der Waals surface area contributed by atoms with E-state index in [0.29, 0.717) is 13.1 Å². The van der Waals surface area contributed by atoms with E-state index in [4.69, 9.17) is 0 Å². The number of nitrogens with one attached hydrogen (secondary N) is 1. The van der Waals surface area contributed by atoms with Crippen molar-refractivity contribution in [1.29, 1.82) is 0 Å². The first-order valence-corrected chi connectivity index (χ1v) is 2.96. The van der Waals surface area contributed by atoms with Gasteiger partial charge in [0.25, 0.3) is 0 Å². The summed E-state index contributed by atoms with van der Waals surface area (Å²) in [5, 5.41) is 3.08. The molecule has 1 aliphatic rings. The minimum atomic E-state index is -0.312. The van der Waals surface area contributed by atoms with Crippen molar-refractivity contribution in [1.82, 2.24) is 5.32 Å². The van der Waals surface area contributed by atoms with Crippen LogP contribution in [0.4, 0.5) is 4.48 Å². The van der Waals surface area contributed by atoms with Gasteiger partial charge in [-0.15, -0.1) is 4.71 Å². The molecule has 0 aromatic carbocycles. The second-order valence-electron chi connectivity index (χ2n) is 2.46. The molecule has 2 nitrogen and oxygen atoms in total. The Morgan fingerprint density at radius 1 is 1.38 bits per heavy atom. The molecule has 1 N–H and O–H groups in total. The molecular formula is C5H12FN2+. The SMILES string of the molecule is C[N+]1(F)CCNCC1. The van der Waals surface area contributed by atoms with Crippen molar-refractivity contribution in [2.24, 2.45) is 0 Å². The zero-order valence-corrected chi connectivity index (χ0v) is 5.15. The van der Waals surface area contributed by atoms with Crippen LogP contribution in [0.3, 0.4) is 0 Å². The lowest BCUT2D eigenvalue weighted by Gasteiger charge is -2.25. The Balaban J connectivity index is 2.33. The lowest BCUT2D eigenvalue weighted by atomic mass is 10.4. The average Bonchev–Trinajstić information content (AvgIpc) is 1.65. The number of quaternary nitrogens is 1. The standard InChI is InChI=1S/C5H12FN2/c1-8(6)4-2-7-3-5-8/h7H,2-5H2,1H3/q+1. The fourth-order valence-corrected chi connectivity index (χ4v) is 0.861. The van der Waals surface area contributed by atoms with Crippen molar-refractivity contribution in [3.8, 4) is 0 Å². The fraction of sp³-hybridized carbons (Fsp3) is 1.00. The first-order chi connectivity index (χ1) is 3.71. The van der Waals surface area contributed by atoms with E-state index in [1.54, 1.807) is 7.05 Å². The van der Waals surface area contributed by atoms with Crippen molar-refractivity contribution < 1.29 is 9.19 Å². The maximum atomic E-state index is 12.8. The monoisotopic (exact) mass is 119 g/mol. The van der Waals surface area contributed by atoms with E-state index in [1.165, 1.54) is 0 Å². The van der Waals surface area contributed by atoms with E-state index in [2.05, 4.69) is 5.32 Å². The van der Waals surface area contributed by atoms with Crippen LogP contribution >= 0.6 is 0 Å². The number of likely N-dealkylation sites (N-methyl/N-ethyl adjacent to an activating group) is 1. The van der Waals surface area contributed by atoms with Gasteiger partial charge < -0.3 is 5.32 Å². The van der Waals surface area contributed by atoms with Crippen molar-refractivity contribution in [3.63, 3.8) is 0 Å². The van der Waals surface area contributed by atoms with Gasteiger partial charge in [0.1, 0.15) is 20.1 Å². The molecule has 48 valence electrons. The minimum absolute atomic E-state index is 0.312. The van der Waals surface area contributed by atoms with Crippen molar-refractivity contribution in [2.45, 2.75) is 0 Å². The summed E-state index contributed by atoms with van der Waals surface area (Å²) in [5.41, 5.74) is 0. The van der Waals surface area contributed by atoms with Gasteiger partial charge >= 0.3 is 0 Å². The Morgan fingerprint density at radius 2 is 1.88 bits per heavy atom. The highest BCUT2D eigenvalue weighted by Gasteiger charge is 2.23. The fourth-order valence-electron chi connectivity index (χ4n) is 0.861. The highest BCUT2D eigenvalue weighted by atomic mass is 19.2. The molecule has 0 bridgehead atoms. The summed E-state index contributed by atoms with van der Waals surface area (Å²) in [6.45, 7) is 2.85. The van der Waals surface area contributed by atoms with E-state index >= 15 is 0 Å². The smallest absolute Gasteiger partial charge is 0.127 e. The largest absolute Gasteiger partial charge is 0.306 e. The maximum Gasteiger partial charge on any atom is 0.127 e. The van der Waals surface area contributed by atoms with Crippen LogP contribution in [0, 0.1) is 0 Å². The quantitative estimate of drug-likeness (QED) is 0.440. The van der Waals surface area contributed by atoms with Gasteiger partial charge in [0.15, 0.2) is 0 Å². The molecule has 3 heteroatoms. The van der Waals surface area contributed by atoms with Gasteiger partial charge in [-0.2, -0.15) is 0 Å². The number of piperazine rings is 1. The summed E-state index contributed by atoms with van der Waals surface area (Å²) in [6.07, 6.45) is 0. The first-order valence-electron chi connectivity index (χ1n) is 2.96. The van der Waals surface area contributed by atoms with Crippen molar-refractivity contribution >= 4 is 0 Å². The zero-order valence-electron chi connectivity index (χ0n) is 5.15. The van der Waals surface area contributed by atoms with E-state index in [9.17, 15) is 4.48 Å². The summed E-state index contributed by atoms with van der Waals surface area (Å²) in [5.74, 6) is 0. The van der Waals surface area contributed by atoms with Gasteiger partial charge in [-0.25, -0.2) is 0 Å². The maximum absolute atomic E-state index is 12.8. The molecular weight excluding hydrogens is 107 g/mol. The van der Waals surface area contributed by atoms with Gasteiger partial charge in [0.2, 0.25) is 0 Å². The Labute approximate surface area is 48.8 Å². The topological polar surface area (TPSA) is 12.0 Å². The summed E-state index contributed by atoms with van der Waals surface area (Å²) in [6, 6.07) is 0. The molecule has 0 aliphatic carbocycles. The molecule has 1 rings (SSSR count). The Bertz CT molecular complexity index is 74.5. The third-order valence-corrected chi connectivity index (χ3v) is 1.51. The third-order valence-electron chi connectivity index (χ3n) is 1.51. The van der Waals surface area contributed by atoms with E-state index in [0.717, 1.165) is 13.1 Å². The first kappa shape index (κ1) is 5.98. The van der Waals surface area contributed by atoms with Crippen LogP contribution in [-0.2, 0) is 0 Å². The second kappa shape index (κ2) is 1.99. The lowest BCUT2D eigenvalue weighted by Crippen LogP contribution is -2.50. The predicted molar refractivity (Wildman–Crippen MR) is 29.9 cm³/mol. The summed E-state index contributed by atoms with van der Waals surface area (Å²) >= 11 is 0. The summed E-state index contributed by atoms with van der Waals surface area (Å²) < 4.78 is 12.5. The highest BCUT2D eigenvalue weighted by molar-refractivity contribution is 4.49. The van der Waals surface area contributed by atoms with Crippen molar-refractivity contribution in [2.75, 3.05) is 33.2 Å².